The molecule has 6 heteroatoms. The minimum absolute atomic E-state index is 0.0605. The number of hydrogen-bond acceptors (Lipinski definition) is 5. The van der Waals surface area contributed by atoms with Crippen LogP contribution >= 0.6 is 11.8 Å². The van der Waals surface area contributed by atoms with E-state index in [9.17, 15) is 10.1 Å². The Bertz CT molecular complexity index is 975. The lowest BCUT2D eigenvalue weighted by molar-refractivity contribution is -0.140. The van der Waals surface area contributed by atoms with E-state index >= 15 is 0 Å². The van der Waals surface area contributed by atoms with Crippen molar-refractivity contribution in [2.75, 3.05) is 7.05 Å². The molecule has 2 heterocycles. The number of nitriles is 1. The van der Waals surface area contributed by atoms with Crippen LogP contribution in [0.5, 0.6) is 0 Å². The largest absolute Gasteiger partial charge is 0.339 e. The molecule has 1 atom stereocenters. The summed E-state index contributed by atoms with van der Waals surface area (Å²) in [6, 6.07) is 11.8. The summed E-state index contributed by atoms with van der Waals surface area (Å²) in [5.41, 5.74) is 3.06. The summed E-state index contributed by atoms with van der Waals surface area (Å²) in [5.74, 6) is -0.132. The molecule has 2 aliphatic rings. The van der Waals surface area contributed by atoms with Gasteiger partial charge in [0.05, 0.1) is 5.70 Å². The van der Waals surface area contributed by atoms with Gasteiger partial charge in [-0.15, -0.1) is 11.8 Å². The maximum atomic E-state index is 13.6. The molecule has 1 unspecified atom stereocenters. The highest BCUT2D eigenvalue weighted by atomic mass is 32.2. The zero-order chi connectivity index (χ0) is 21.1. The van der Waals surface area contributed by atoms with Gasteiger partial charge >= 0.3 is 0 Å². The molecule has 2 aromatic rings. The Kier molecular flexibility index (Phi) is 5.83. The number of aromatic nitrogens is 1. The molecule has 152 valence electrons. The van der Waals surface area contributed by atoms with Crippen molar-refractivity contribution < 1.29 is 4.79 Å². The number of thioether (sulfide) groups is 1. The van der Waals surface area contributed by atoms with Crippen molar-refractivity contribution in [2.45, 2.75) is 43.0 Å². The van der Waals surface area contributed by atoms with E-state index in [2.05, 4.69) is 15.3 Å². The van der Waals surface area contributed by atoms with Crippen LogP contribution in [-0.4, -0.2) is 33.3 Å². The second-order valence-corrected chi connectivity index (χ2v) is 8.77. The van der Waals surface area contributed by atoms with Gasteiger partial charge in [0.2, 0.25) is 0 Å². The third-order valence-corrected chi connectivity index (χ3v) is 7.10. The number of benzene rings is 1. The van der Waals surface area contributed by atoms with E-state index in [1.54, 1.807) is 31.2 Å². The minimum Gasteiger partial charge on any atom is -0.339 e. The molecule has 1 fully saturated rings. The molecule has 1 aliphatic heterocycles. The Morgan fingerprint density at radius 1 is 1.20 bits per heavy atom. The fourth-order valence-electron chi connectivity index (χ4n) is 4.50. The molecule has 0 saturated heterocycles. The van der Waals surface area contributed by atoms with Crippen molar-refractivity contribution >= 4 is 23.4 Å². The summed E-state index contributed by atoms with van der Waals surface area (Å²) < 4.78 is 0. The third kappa shape index (κ3) is 3.59. The van der Waals surface area contributed by atoms with Crippen LogP contribution in [0.3, 0.4) is 0 Å². The zero-order valence-corrected chi connectivity index (χ0v) is 17.8. The van der Waals surface area contributed by atoms with Crippen LogP contribution in [0.2, 0.25) is 0 Å². The highest BCUT2D eigenvalue weighted by Gasteiger charge is 2.51. The molecule has 1 aliphatic carbocycles. The number of hydrogen-bond donors (Lipinski definition) is 0. The molecule has 0 N–H and O–H groups in total. The lowest BCUT2D eigenvalue weighted by atomic mass is 9.78. The van der Waals surface area contributed by atoms with Crippen molar-refractivity contribution in [3.8, 4) is 6.19 Å². The van der Waals surface area contributed by atoms with E-state index in [0.29, 0.717) is 5.56 Å². The number of likely N-dealkylation sites (N-methyl/N-ethyl adjacent to an activating group) is 1. The first kappa shape index (κ1) is 20.5. The normalized spacial score (nSPS) is 20.4. The van der Waals surface area contributed by atoms with E-state index in [-0.39, 0.29) is 11.3 Å². The Labute approximate surface area is 182 Å². The molecule has 30 heavy (non-hydrogen) atoms. The first-order valence-electron chi connectivity index (χ1n) is 10.2. The standard InChI is InChI=1S/C24H24N4OS/c1-18-6-8-19(9-7-18)21-16-30-22(20-10-14-26-15-11-20)28(21)24(12-4-3-5-13-24)23(29)27(2)17-25/h1,6-11,14-16,22H,3-5,12-13H2,2H3. The van der Waals surface area contributed by atoms with Crippen LogP contribution in [0, 0.1) is 18.4 Å². The average molecular weight is 417 g/mol. The van der Waals surface area contributed by atoms with E-state index in [1.165, 1.54) is 4.90 Å². The number of carbonyl (C=O) groups excluding carboxylic acids is 1. The van der Waals surface area contributed by atoms with Gasteiger partial charge in [-0.3, -0.25) is 14.7 Å². The lowest BCUT2D eigenvalue weighted by Crippen LogP contribution is -2.58. The third-order valence-electron chi connectivity index (χ3n) is 5.99. The van der Waals surface area contributed by atoms with Gasteiger partial charge in [0.15, 0.2) is 6.19 Å². The highest BCUT2D eigenvalue weighted by molar-refractivity contribution is 8.02. The van der Waals surface area contributed by atoms with E-state index in [4.69, 9.17) is 6.92 Å². The maximum Gasteiger partial charge on any atom is 0.261 e. The predicted molar refractivity (Wildman–Crippen MR) is 118 cm³/mol. The van der Waals surface area contributed by atoms with Gasteiger partial charge in [0.1, 0.15) is 10.9 Å². The Hall–Kier alpha value is -2.78. The van der Waals surface area contributed by atoms with E-state index in [1.807, 2.05) is 42.6 Å². The van der Waals surface area contributed by atoms with Crippen LogP contribution in [0.25, 0.3) is 5.70 Å². The summed E-state index contributed by atoms with van der Waals surface area (Å²) in [6.07, 6.45) is 10.1. The number of amides is 1. The maximum absolute atomic E-state index is 13.6. The molecule has 0 spiro atoms. The first-order chi connectivity index (χ1) is 14.6. The predicted octanol–water partition coefficient (Wildman–Crippen LogP) is 4.83. The van der Waals surface area contributed by atoms with Gasteiger partial charge in [-0.2, -0.15) is 5.26 Å². The fraction of sp³-hybridized carbons (Fsp3) is 0.333. The summed E-state index contributed by atoms with van der Waals surface area (Å²) in [7, 11) is 1.57. The zero-order valence-electron chi connectivity index (χ0n) is 17.0. The van der Waals surface area contributed by atoms with Crippen molar-refractivity contribution in [2.24, 2.45) is 0 Å². The summed E-state index contributed by atoms with van der Waals surface area (Å²) in [5, 5.41) is 11.6. The van der Waals surface area contributed by atoms with Crippen molar-refractivity contribution in [1.82, 2.24) is 14.8 Å². The van der Waals surface area contributed by atoms with Crippen molar-refractivity contribution in [3.05, 3.63) is 77.8 Å². The van der Waals surface area contributed by atoms with Crippen molar-refractivity contribution in [1.29, 1.82) is 5.26 Å². The van der Waals surface area contributed by atoms with Gasteiger partial charge in [0, 0.05) is 19.4 Å². The van der Waals surface area contributed by atoms with Gasteiger partial charge < -0.3 is 4.90 Å². The molecule has 1 aromatic heterocycles. The molecule has 1 aromatic carbocycles. The number of rotatable bonds is 4. The van der Waals surface area contributed by atoms with Crippen LogP contribution < -0.4 is 0 Å². The quantitative estimate of drug-likeness (QED) is 0.528. The first-order valence-corrected chi connectivity index (χ1v) is 11.1. The van der Waals surface area contributed by atoms with Crippen LogP contribution in [0.1, 0.15) is 54.2 Å². The molecular formula is C24H24N4OS. The Morgan fingerprint density at radius 2 is 1.87 bits per heavy atom. The molecule has 1 saturated carbocycles. The SMILES string of the molecule is [CH]c1ccc(C2=CSC(c3ccncc3)N2C2(C(=O)N(C)C#N)CCCCC2)cc1. The second kappa shape index (κ2) is 8.53. The van der Waals surface area contributed by atoms with Crippen molar-refractivity contribution in [3.63, 3.8) is 0 Å². The molecule has 5 nitrogen and oxygen atoms in total. The molecule has 1 amide bonds. The van der Waals surface area contributed by atoms with E-state index in [0.717, 1.165) is 48.9 Å². The monoisotopic (exact) mass is 416 g/mol. The van der Waals surface area contributed by atoms with Crippen LogP contribution in [0.15, 0.2) is 54.2 Å². The summed E-state index contributed by atoms with van der Waals surface area (Å²) in [4.78, 5) is 21.2. The molecule has 4 rings (SSSR count). The second-order valence-electron chi connectivity index (χ2n) is 7.82. The lowest BCUT2D eigenvalue weighted by Gasteiger charge is -2.48. The van der Waals surface area contributed by atoms with Crippen LogP contribution in [-0.2, 0) is 4.79 Å². The Balaban J connectivity index is 1.85. The molecular weight excluding hydrogens is 392 g/mol. The van der Waals surface area contributed by atoms with E-state index < -0.39 is 5.54 Å². The van der Waals surface area contributed by atoms with Gasteiger partial charge in [-0.05, 0) is 54.0 Å². The van der Waals surface area contributed by atoms with Gasteiger partial charge in [0.25, 0.3) is 5.91 Å². The topological polar surface area (TPSA) is 60.2 Å². The molecule has 2 radical (unpaired) electrons. The summed E-state index contributed by atoms with van der Waals surface area (Å²) >= 11 is 1.69. The average Bonchev–Trinajstić information content (AvgIpc) is 3.25. The van der Waals surface area contributed by atoms with Gasteiger partial charge in [-0.25, -0.2) is 0 Å². The van der Waals surface area contributed by atoms with Crippen LogP contribution in [0.4, 0.5) is 0 Å². The summed E-state index contributed by atoms with van der Waals surface area (Å²) in [6.45, 7) is 5.91. The fourth-order valence-corrected chi connectivity index (χ4v) is 5.76. The minimum atomic E-state index is -0.757. The Morgan fingerprint density at radius 3 is 2.50 bits per heavy atom. The highest BCUT2D eigenvalue weighted by Crippen LogP contribution is 2.53. The number of nitrogens with zero attached hydrogens (tertiary/aromatic N) is 4. The number of carbonyl (C=O) groups is 1. The number of pyridine rings is 1. The molecule has 0 bridgehead atoms. The smallest absolute Gasteiger partial charge is 0.261 e. The van der Waals surface area contributed by atoms with Gasteiger partial charge in [-0.1, -0.05) is 43.5 Å².